The van der Waals surface area contributed by atoms with Crippen LogP contribution in [-0.4, -0.2) is 24.5 Å². The topological polar surface area (TPSA) is 51.0 Å². The van der Waals surface area contributed by atoms with Crippen LogP contribution in [0.3, 0.4) is 0 Å². The molecule has 0 radical (unpaired) electrons. The van der Waals surface area contributed by atoms with Gasteiger partial charge >= 0.3 is 0 Å². The molecule has 0 amide bonds. The van der Waals surface area contributed by atoms with Gasteiger partial charge in [0.2, 0.25) is 0 Å². The van der Waals surface area contributed by atoms with E-state index in [2.05, 4.69) is 11.9 Å². The SMILES string of the molecule is CCCCOc1ccc(C=Nc2ccc(OCC)cc2)c(O)c1. The quantitative estimate of drug-likeness (QED) is 0.566. The molecule has 0 saturated carbocycles. The molecule has 23 heavy (non-hydrogen) atoms. The largest absolute Gasteiger partial charge is 0.507 e. The molecular formula is C19H23NO3. The third-order valence-electron chi connectivity index (χ3n) is 3.27. The van der Waals surface area contributed by atoms with Crippen LogP contribution < -0.4 is 9.47 Å². The number of unbranched alkanes of at least 4 members (excludes halogenated alkanes) is 1. The van der Waals surface area contributed by atoms with Gasteiger partial charge in [0.15, 0.2) is 0 Å². The summed E-state index contributed by atoms with van der Waals surface area (Å²) in [6, 6.07) is 12.8. The first-order chi connectivity index (χ1) is 11.2. The second-order valence-corrected chi connectivity index (χ2v) is 5.11. The highest BCUT2D eigenvalue weighted by Gasteiger charge is 2.02. The predicted octanol–water partition coefficient (Wildman–Crippen LogP) is 4.72. The molecule has 0 bridgehead atoms. The van der Waals surface area contributed by atoms with Crippen molar-refractivity contribution in [3.8, 4) is 17.2 Å². The summed E-state index contributed by atoms with van der Waals surface area (Å²) in [7, 11) is 0. The van der Waals surface area contributed by atoms with Crippen molar-refractivity contribution in [1.29, 1.82) is 0 Å². The molecule has 2 rings (SSSR count). The van der Waals surface area contributed by atoms with Crippen LogP contribution in [0.2, 0.25) is 0 Å². The maximum absolute atomic E-state index is 10.0. The van der Waals surface area contributed by atoms with E-state index in [4.69, 9.17) is 9.47 Å². The number of hydrogen-bond donors (Lipinski definition) is 1. The third-order valence-corrected chi connectivity index (χ3v) is 3.27. The molecule has 2 aromatic carbocycles. The van der Waals surface area contributed by atoms with Gasteiger partial charge in [0.25, 0.3) is 0 Å². The first-order valence-electron chi connectivity index (χ1n) is 7.95. The second-order valence-electron chi connectivity index (χ2n) is 5.11. The number of hydrogen-bond acceptors (Lipinski definition) is 4. The van der Waals surface area contributed by atoms with Crippen molar-refractivity contribution in [2.75, 3.05) is 13.2 Å². The van der Waals surface area contributed by atoms with Crippen LogP contribution in [0.5, 0.6) is 17.2 Å². The van der Waals surface area contributed by atoms with E-state index < -0.39 is 0 Å². The number of ether oxygens (including phenoxy) is 2. The molecule has 2 aromatic rings. The van der Waals surface area contributed by atoms with E-state index >= 15 is 0 Å². The van der Waals surface area contributed by atoms with Crippen molar-refractivity contribution in [2.45, 2.75) is 26.7 Å². The summed E-state index contributed by atoms with van der Waals surface area (Å²) >= 11 is 0. The van der Waals surface area contributed by atoms with Gasteiger partial charge in [-0.25, -0.2) is 0 Å². The minimum absolute atomic E-state index is 0.161. The molecule has 0 aliphatic rings. The predicted molar refractivity (Wildman–Crippen MR) is 93.4 cm³/mol. The van der Waals surface area contributed by atoms with Crippen LogP contribution in [0.4, 0.5) is 5.69 Å². The maximum Gasteiger partial charge on any atom is 0.128 e. The van der Waals surface area contributed by atoms with Crippen molar-refractivity contribution in [3.05, 3.63) is 48.0 Å². The van der Waals surface area contributed by atoms with Crippen LogP contribution in [0, 0.1) is 0 Å². The summed E-state index contributed by atoms with van der Waals surface area (Å²) < 4.78 is 11.0. The van der Waals surface area contributed by atoms with Crippen LogP contribution >= 0.6 is 0 Å². The minimum atomic E-state index is 0.161. The summed E-state index contributed by atoms with van der Waals surface area (Å²) in [5.41, 5.74) is 1.46. The number of rotatable bonds is 8. The van der Waals surface area contributed by atoms with E-state index in [1.54, 1.807) is 18.3 Å². The first kappa shape index (κ1) is 16.9. The van der Waals surface area contributed by atoms with Gasteiger partial charge in [-0.15, -0.1) is 0 Å². The number of aromatic hydroxyl groups is 1. The lowest BCUT2D eigenvalue weighted by atomic mass is 10.2. The van der Waals surface area contributed by atoms with Gasteiger partial charge in [-0.2, -0.15) is 0 Å². The Morgan fingerprint density at radius 2 is 1.74 bits per heavy atom. The van der Waals surface area contributed by atoms with Crippen LogP contribution in [0.25, 0.3) is 0 Å². The summed E-state index contributed by atoms with van der Waals surface area (Å²) in [6.07, 6.45) is 3.72. The lowest BCUT2D eigenvalue weighted by Crippen LogP contribution is -1.96. The zero-order chi connectivity index (χ0) is 16.5. The van der Waals surface area contributed by atoms with E-state index in [0.717, 1.165) is 24.3 Å². The molecule has 0 spiro atoms. The van der Waals surface area contributed by atoms with Crippen LogP contribution in [0.1, 0.15) is 32.3 Å². The van der Waals surface area contributed by atoms with Crippen LogP contribution in [0.15, 0.2) is 47.5 Å². The molecule has 0 heterocycles. The summed E-state index contributed by atoms with van der Waals surface area (Å²) in [4.78, 5) is 4.36. The summed E-state index contributed by atoms with van der Waals surface area (Å²) in [5.74, 6) is 1.66. The standard InChI is InChI=1S/C19H23NO3/c1-3-5-12-23-18-9-6-15(19(21)13-18)14-20-16-7-10-17(11-8-16)22-4-2/h6-11,13-14,21H,3-5,12H2,1-2H3. The van der Waals surface area contributed by atoms with Crippen LogP contribution in [-0.2, 0) is 0 Å². The lowest BCUT2D eigenvalue weighted by molar-refractivity contribution is 0.307. The lowest BCUT2D eigenvalue weighted by Gasteiger charge is -2.07. The van der Waals surface area contributed by atoms with Gasteiger partial charge in [-0.3, -0.25) is 4.99 Å². The van der Waals surface area contributed by atoms with E-state index in [1.807, 2.05) is 37.3 Å². The monoisotopic (exact) mass is 313 g/mol. The number of phenols is 1. The fourth-order valence-electron chi connectivity index (χ4n) is 2.00. The average molecular weight is 313 g/mol. The average Bonchev–Trinajstić information content (AvgIpc) is 2.56. The highest BCUT2D eigenvalue weighted by atomic mass is 16.5. The Balaban J connectivity index is 2.01. The highest BCUT2D eigenvalue weighted by molar-refractivity contribution is 5.85. The Morgan fingerprint density at radius 1 is 1.00 bits per heavy atom. The van der Waals surface area contributed by atoms with Crippen molar-refractivity contribution < 1.29 is 14.6 Å². The summed E-state index contributed by atoms with van der Waals surface area (Å²) in [5, 5.41) is 10.0. The van der Waals surface area contributed by atoms with Crippen molar-refractivity contribution >= 4 is 11.9 Å². The fourth-order valence-corrected chi connectivity index (χ4v) is 2.00. The molecule has 4 heteroatoms. The molecule has 0 atom stereocenters. The van der Waals surface area contributed by atoms with Crippen molar-refractivity contribution in [1.82, 2.24) is 0 Å². The Hall–Kier alpha value is -2.49. The molecule has 4 nitrogen and oxygen atoms in total. The Labute approximate surface area is 137 Å². The van der Waals surface area contributed by atoms with Gasteiger partial charge in [-0.1, -0.05) is 13.3 Å². The zero-order valence-corrected chi connectivity index (χ0v) is 13.7. The molecule has 0 saturated heterocycles. The van der Waals surface area contributed by atoms with Gasteiger partial charge in [0.05, 0.1) is 18.9 Å². The molecule has 122 valence electrons. The Bertz CT molecular complexity index is 636. The second kappa shape index (κ2) is 8.83. The molecule has 1 N–H and O–H groups in total. The van der Waals surface area contributed by atoms with E-state index in [-0.39, 0.29) is 5.75 Å². The molecular weight excluding hydrogens is 290 g/mol. The molecule has 0 aliphatic heterocycles. The summed E-state index contributed by atoms with van der Waals surface area (Å²) in [6.45, 7) is 5.37. The maximum atomic E-state index is 10.0. The third kappa shape index (κ3) is 5.33. The molecule has 0 aliphatic carbocycles. The van der Waals surface area contributed by atoms with Crippen molar-refractivity contribution in [2.24, 2.45) is 4.99 Å². The molecule has 0 aromatic heterocycles. The first-order valence-corrected chi connectivity index (χ1v) is 7.95. The Kier molecular flexibility index (Phi) is 6.48. The highest BCUT2D eigenvalue weighted by Crippen LogP contribution is 2.24. The smallest absolute Gasteiger partial charge is 0.128 e. The van der Waals surface area contributed by atoms with E-state index in [0.29, 0.717) is 24.5 Å². The van der Waals surface area contributed by atoms with Gasteiger partial charge in [0.1, 0.15) is 17.2 Å². The van der Waals surface area contributed by atoms with Crippen molar-refractivity contribution in [3.63, 3.8) is 0 Å². The van der Waals surface area contributed by atoms with Gasteiger partial charge in [0, 0.05) is 17.8 Å². The number of benzene rings is 2. The van der Waals surface area contributed by atoms with Gasteiger partial charge < -0.3 is 14.6 Å². The molecule has 0 fully saturated rings. The minimum Gasteiger partial charge on any atom is -0.507 e. The number of aliphatic imine (C=N–C) groups is 1. The van der Waals surface area contributed by atoms with E-state index in [9.17, 15) is 5.11 Å². The van der Waals surface area contributed by atoms with E-state index in [1.165, 1.54) is 0 Å². The zero-order valence-electron chi connectivity index (χ0n) is 13.7. The normalized spacial score (nSPS) is 10.9. The Morgan fingerprint density at radius 3 is 2.39 bits per heavy atom. The van der Waals surface area contributed by atoms with Gasteiger partial charge in [-0.05, 0) is 49.7 Å². The fraction of sp³-hybridized carbons (Fsp3) is 0.316. The number of phenolic OH excluding ortho intramolecular Hbond substituents is 1. The number of nitrogens with zero attached hydrogens (tertiary/aromatic N) is 1. The molecule has 0 unspecified atom stereocenters.